The maximum absolute atomic E-state index is 14.1. The number of rotatable bonds is 11. The number of esters is 1. The highest BCUT2D eigenvalue weighted by Gasteiger charge is 2.54. The van der Waals surface area contributed by atoms with Crippen molar-refractivity contribution in [3.63, 3.8) is 0 Å². The number of aromatic nitrogens is 4. The first kappa shape index (κ1) is 31.0. The van der Waals surface area contributed by atoms with Crippen LogP contribution < -0.4 is 0 Å². The molecule has 0 radical (unpaired) electrons. The van der Waals surface area contributed by atoms with Gasteiger partial charge in [-0.15, -0.1) is 16.9 Å². The number of halogens is 2. The molecule has 3 aromatic rings. The van der Waals surface area contributed by atoms with Gasteiger partial charge in [-0.3, -0.25) is 14.7 Å². The van der Waals surface area contributed by atoms with Crippen LogP contribution >= 0.6 is 55.4 Å². The van der Waals surface area contributed by atoms with E-state index in [4.69, 9.17) is 9.73 Å². The highest BCUT2D eigenvalue weighted by atomic mass is 79.9. The Bertz CT molecular complexity index is 1450. The minimum Gasteiger partial charge on any atom is -0.448 e. The van der Waals surface area contributed by atoms with Crippen molar-refractivity contribution in [2.24, 2.45) is 12.0 Å². The van der Waals surface area contributed by atoms with Crippen molar-refractivity contribution in [3.8, 4) is 0 Å². The summed E-state index contributed by atoms with van der Waals surface area (Å²) < 4.78 is 7.44. The Morgan fingerprint density at radius 3 is 2.40 bits per heavy atom. The average molecular weight is 735 g/mol. The van der Waals surface area contributed by atoms with Crippen molar-refractivity contribution in [2.75, 3.05) is 11.5 Å². The highest BCUT2D eigenvalue weighted by molar-refractivity contribution is 9.12. The lowest BCUT2D eigenvalue weighted by atomic mass is 10.0. The molecule has 220 valence electrons. The standard InChI is InChI=1S/C29H30Br2N6O3S2/c1-4-29(31,18(2)30)17-32-22-25(38)37-23(21(15-41-26(22)37)16-42-28-33-34-35-36(28)3)27(39)40-24(19-11-7-5-8-12-19)20-13-9-6-10-14-20/h5-14,17-18,22,24,26H,4,15-16H2,1-3H3/t18?,22-,26-,29?/m1/s1. The summed E-state index contributed by atoms with van der Waals surface area (Å²) in [5.41, 5.74) is 2.76. The predicted molar refractivity (Wildman–Crippen MR) is 173 cm³/mol. The fourth-order valence-corrected chi connectivity index (χ4v) is 7.58. The Hall–Kier alpha value is -2.48. The van der Waals surface area contributed by atoms with Gasteiger partial charge in [0, 0.05) is 29.6 Å². The SMILES string of the molecule is CCC(Br)(C=N[C@@H]1C(=O)N2C(C(=O)OC(c3ccccc3)c3ccccc3)=C(CSc3nnnn3C)CS[C@H]12)C(C)Br. The van der Waals surface area contributed by atoms with Crippen molar-refractivity contribution in [2.45, 2.75) is 52.1 Å². The Morgan fingerprint density at radius 2 is 1.86 bits per heavy atom. The number of thioether (sulfide) groups is 2. The van der Waals surface area contributed by atoms with Gasteiger partial charge in [-0.2, -0.15) is 0 Å². The number of tetrazole rings is 1. The van der Waals surface area contributed by atoms with E-state index < -0.39 is 18.1 Å². The third-order valence-corrected chi connectivity index (χ3v) is 12.6. The smallest absolute Gasteiger partial charge is 0.356 e. The maximum Gasteiger partial charge on any atom is 0.356 e. The van der Waals surface area contributed by atoms with Crippen LogP contribution in [0.1, 0.15) is 37.5 Å². The van der Waals surface area contributed by atoms with E-state index in [-0.39, 0.29) is 26.1 Å². The molecule has 13 heteroatoms. The Kier molecular flexibility index (Phi) is 9.91. The Labute approximate surface area is 270 Å². The number of aryl methyl sites for hydroxylation is 1. The molecule has 0 N–H and O–H groups in total. The van der Waals surface area contributed by atoms with E-state index in [1.165, 1.54) is 11.8 Å². The van der Waals surface area contributed by atoms with Crippen LogP contribution in [0.2, 0.25) is 0 Å². The van der Waals surface area contributed by atoms with Gasteiger partial charge in [0.25, 0.3) is 5.91 Å². The molecule has 3 heterocycles. The maximum atomic E-state index is 14.1. The number of aliphatic imine (C=N–C) groups is 1. The largest absolute Gasteiger partial charge is 0.448 e. The number of nitrogens with zero attached hydrogens (tertiary/aromatic N) is 6. The predicted octanol–water partition coefficient (Wildman–Crippen LogP) is 5.57. The first-order valence-corrected chi connectivity index (χ1v) is 17.2. The molecule has 0 bridgehead atoms. The average Bonchev–Trinajstić information content (AvgIpc) is 3.43. The zero-order chi connectivity index (χ0) is 29.9. The molecule has 0 saturated carbocycles. The number of alkyl halides is 2. The van der Waals surface area contributed by atoms with Gasteiger partial charge in [-0.1, -0.05) is 118 Å². The molecular formula is C29H30Br2N6O3S2. The molecule has 0 aliphatic carbocycles. The summed E-state index contributed by atoms with van der Waals surface area (Å²) in [7, 11) is 1.76. The molecule has 1 fully saturated rings. The minimum absolute atomic E-state index is 0.112. The van der Waals surface area contributed by atoms with Crippen molar-refractivity contribution < 1.29 is 14.3 Å². The topological polar surface area (TPSA) is 103 Å². The normalized spacial score (nSPS) is 20.8. The molecule has 5 rings (SSSR count). The van der Waals surface area contributed by atoms with E-state index in [9.17, 15) is 9.59 Å². The number of carbonyl (C=O) groups excluding carboxylic acids is 2. The van der Waals surface area contributed by atoms with Gasteiger partial charge in [0.1, 0.15) is 11.1 Å². The van der Waals surface area contributed by atoms with E-state index in [0.717, 1.165) is 23.1 Å². The molecule has 2 aromatic carbocycles. The van der Waals surface area contributed by atoms with Crippen LogP contribution in [0.25, 0.3) is 0 Å². The van der Waals surface area contributed by atoms with Crippen LogP contribution in [0.5, 0.6) is 0 Å². The molecule has 42 heavy (non-hydrogen) atoms. The summed E-state index contributed by atoms with van der Waals surface area (Å²) in [4.78, 5) is 34.1. The molecule has 1 amide bonds. The van der Waals surface area contributed by atoms with Gasteiger partial charge in [-0.05, 0) is 33.5 Å². The van der Waals surface area contributed by atoms with Gasteiger partial charge in [-0.25, -0.2) is 9.48 Å². The van der Waals surface area contributed by atoms with E-state index >= 15 is 0 Å². The minimum atomic E-state index is -0.638. The van der Waals surface area contributed by atoms with Gasteiger partial charge in [0.05, 0.1) is 4.32 Å². The second-order valence-electron chi connectivity index (χ2n) is 9.96. The van der Waals surface area contributed by atoms with Crippen LogP contribution in [0.15, 0.2) is 82.1 Å². The van der Waals surface area contributed by atoms with Crippen LogP contribution in [-0.2, 0) is 21.4 Å². The van der Waals surface area contributed by atoms with Crippen molar-refractivity contribution in [3.05, 3.63) is 83.1 Å². The molecule has 1 aromatic heterocycles. The first-order chi connectivity index (χ1) is 20.2. The summed E-state index contributed by atoms with van der Waals surface area (Å²) in [5.74, 6) is 0.214. The Morgan fingerprint density at radius 1 is 1.21 bits per heavy atom. The third-order valence-electron chi connectivity index (χ3n) is 7.25. The first-order valence-electron chi connectivity index (χ1n) is 13.4. The van der Waals surface area contributed by atoms with Crippen LogP contribution in [0.4, 0.5) is 0 Å². The molecule has 9 nitrogen and oxygen atoms in total. The van der Waals surface area contributed by atoms with E-state index in [2.05, 4.69) is 54.3 Å². The van der Waals surface area contributed by atoms with Crippen molar-refractivity contribution >= 4 is 73.5 Å². The fraction of sp³-hybridized carbons (Fsp3) is 0.379. The lowest BCUT2D eigenvalue weighted by Gasteiger charge is -2.48. The molecule has 1 saturated heterocycles. The number of fused-ring (bicyclic) bond motifs is 1. The number of amides is 1. The fourth-order valence-electron chi connectivity index (χ4n) is 4.69. The summed E-state index contributed by atoms with van der Waals surface area (Å²) >= 11 is 10.4. The second kappa shape index (κ2) is 13.4. The number of hydrogen-bond acceptors (Lipinski definition) is 9. The molecule has 2 aliphatic rings. The van der Waals surface area contributed by atoms with Gasteiger partial charge < -0.3 is 4.74 Å². The molecule has 4 atom stereocenters. The van der Waals surface area contributed by atoms with E-state index in [0.29, 0.717) is 16.7 Å². The second-order valence-corrected chi connectivity index (χ2v) is 14.9. The van der Waals surface area contributed by atoms with Gasteiger partial charge in [0.2, 0.25) is 5.16 Å². The van der Waals surface area contributed by atoms with Gasteiger partial charge in [0.15, 0.2) is 12.1 Å². The number of ether oxygens (including phenoxy) is 1. The third kappa shape index (κ3) is 6.39. The lowest BCUT2D eigenvalue weighted by molar-refractivity contribution is -0.153. The molecule has 2 aliphatic heterocycles. The molecular weight excluding hydrogens is 704 g/mol. The summed E-state index contributed by atoms with van der Waals surface area (Å²) in [5, 5.41) is 12.0. The summed E-state index contributed by atoms with van der Waals surface area (Å²) in [6.45, 7) is 4.10. The zero-order valence-electron chi connectivity index (χ0n) is 23.3. The molecule has 2 unspecified atom stereocenters. The highest BCUT2D eigenvalue weighted by Crippen LogP contribution is 2.44. The number of β-lactam (4-membered cyclic amide) rings is 1. The number of benzene rings is 2. The molecule has 0 spiro atoms. The monoisotopic (exact) mass is 732 g/mol. The van der Waals surface area contributed by atoms with E-state index in [1.807, 2.05) is 73.8 Å². The van der Waals surface area contributed by atoms with Crippen LogP contribution in [0, 0.1) is 0 Å². The summed E-state index contributed by atoms with van der Waals surface area (Å²) in [6, 6.07) is 18.7. The summed E-state index contributed by atoms with van der Waals surface area (Å²) in [6.07, 6.45) is 1.98. The number of carbonyl (C=O) groups is 2. The van der Waals surface area contributed by atoms with Crippen molar-refractivity contribution in [1.82, 2.24) is 25.1 Å². The van der Waals surface area contributed by atoms with E-state index in [1.54, 1.807) is 28.4 Å². The Balaban J connectivity index is 1.46. The lowest BCUT2D eigenvalue weighted by Crippen LogP contribution is -2.64. The zero-order valence-corrected chi connectivity index (χ0v) is 28.1. The van der Waals surface area contributed by atoms with Gasteiger partial charge >= 0.3 is 5.97 Å². The quantitative estimate of drug-likeness (QED) is 0.0829. The van der Waals surface area contributed by atoms with Crippen LogP contribution in [-0.4, -0.2) is 75.3 Å². The van der Waals surface area contributed by atoms with Crippen molar-refractivity contribution in [1.29, 1.82) is 0 Å². The van der Waals surface area contributed by atoms with Crippen LogP contribution in [0.3, 0.4) is 0 Å². The number of hydrogen-bond donors (Lipinski definition) is 0.